The van der Waals surface area contributed by atoms with Crippen LogP contribution in [0.4, 0.5) is 0 Å². The summed E-state index contributed by atoms with van der Waals surface area (Å²) in [5.74, 6) is -0.629. The van der Waals surface area contributed by atoms with Gasteiger partial charge in [0.25, 0.3) is 10.0 Å². The molecule has 0 aliphatic carbocycles. The van der Waals surface area contributed by atoms with E-state index < -0.39 is 27.4 Å². The number of carbonyl (C=O) groups is 1. The number of aryl methyl sites for hydroxylation is 2. The first-order chi connectivity index (χ1) is 9.49. The van der Waals surface area contributed by atoms with Gasteiger partial charge in [-0.3, -0.25) is 4.79 Å². The predicted molar refractivity (Wildman–Crippen MR) is 78.5 cm³/mol. The van der Waals surface area contributed by atoms with Crippen molar-refractivity contribution >= 4 is 16.0 Å². The normalized spacial score (nSPS) is 14.1. The second-order valence-corrected chi connectivity index (χ2v) is 7.74. The molecule has 1 aromatic heterocycles. The van der Waals surface area contributed by atoms with Crippen LogP contribution < -0.4 is 4.72 Å². The summed E-state index contributed by atoms with van der Waals surface area (Å²) in [5.41, 5.74) is -0.750. The van der Waals surface area contributed by atoms with E-state index in [9.17, 15) is 18.3 Å². The van der Waals surface area contributed by atoms with E-state index in [0.717, 1.165) is 6.42 Å². The minimum atomic E-state index is -3.97. The molecule has 8 heteroatoms. The van der Waals surface area contributed by atoms with Crippen molar-refractivity contribution in [1.82, 2.24) is 14.3 Å². The number of rotatable bonds is 6. The Morgan fingerprint density at radius 3 is 2.48 bits per heavy atom. The molecule has 0 aromatic carbocycles. The van der Waals surface area contributed by atoms with E-state index in [1.807, 2.05) is 6.92 Å². The first kappa shape index (κ1) is 17.6. The van der Waals surface area contributed by atoms with Crippen molar-refractivity contribution in [2.24, 2.45) is 5.41 Å². The van der Waals surface area contributed by atoms with Crippen molar-refractivity contribution < 1.29 is 18.3 Å². The summed E-state index contributed by atoms with van der Waals surface area (Å²) >= 11 is 0. The Morgan fingerprint density at radius 2 is 2.05 bits per heavy atom. The largest absolute Gasteiger partial charge is 0.480 e. The van der Waals surface area contributed by atoms with Gasteiger partial charge in [-0.25, -0.2) is 13.4 Å². The molecule has 21 heavy (non-hydrogen) atoms. The van der Waals surface area contributed by atoms with Crippen molar-refractivity contribution in [2.45, 2.75) is 58.7 Å². The van der Waals surface area contributed by atoms with Crippen LogP contribution in [0.15, 0.2) is 11.2 Å². The van der Waals surface area contributed by atoms with Crippen LogP contribution in [0.5, 0.6) is 0 Å². The van der Waals surface area contributed by atoms with E-state index in [0.29, 0.717) is 12.4 Å². The number of nitrogens with one attached hydrogen (secondary N) is 1. The first-order valence-corrected chi connectivity index (χ1v) is 8.26. The van der Waals surface area contributed by atoms with Gasteiger partial charge in [-0.15, -0.1) is 0 Å². The summed E-state index contributed by atoms with van der Waals surface area (Å²) in [7, 11) is -3.97. The molecule has 0 fully saturated rings. The Morgan fingerprint density at radius 1 is 1.48 bits per heavy atom. The summed E-state index contributed by atoms with van der Waals surface area (Å²) < 4.78 is 28.6. The van der Waals surface area contributed by atoms with E-state index in [-0.39, 0.29) is 5.03 Å². The molecule has 120 valence electrons. The number of aliphatic carboxylic acids is 1. The zero-order valence-corrected chi connectivity index (χ0v) is 13.9. The quantitative estimate of drug-likeness (QED) is 0.825. The highest BCUT2D eigenvalue weighted by Crippen LogP contribution is 2.21. The van der Waals surface area contributed by atoms with Crippen molar-refractivity contribution in [3.63, 3.8) is 0 Å². The van der Waals surface area contributed by atoms with Gasteiger partial charge in [-0.1, -0.05) is 27.7 Å². The predicted octanol–water partition coefficient (Wildman–Crippen LogP) is 1.38. The van der Waals surface area contributed by atoms with E-state index in [2.05, 4.69) is 9.71 Å². The minimum Gasteiger partial charge on any atom is -0.480 e. The topological polar surface area (TPSA) is 101 Å². The van der Waals surface area contributed by atoms with Crippen LogP contribution in [0.1, 0.15) is 39.9 Å². The fraction of sp³-hybridized carbons (Fsp3) is 0.692. The van der Waals surface area contributed by atoms with Crippen LogP contribution in [0.25, 0.3) is 0 Å². The lowest BCUT2D eigenvalue weighted by molar-refractivity contribution is -0.141. The molecule has 0 bridgehead atoms. The number of hydrogen-bond donors (Lipinski definition) is 2. The van der Waals surface area contributed by atoms with Crippen LogP contribution in [0.2, 0.25) is 0 Å². The maximum absolute atomic E-state index is 12.3. The minimum absolute atomic E-state index is 0.149. The van der Waals surface area contributed by atoms with Gasteiger partial charge in [-0.05, 0) is 18.8 Å². The standard InChI is InChI=1S/C13H23N3O4S/c1-6-7-16-8-10(14-9(16)2)21(19,20)15-11(12(17)18)13(3,4)5/h8,11,15H,6-7H2,1-5H3,(H,17,18)/t11-/m0/s1. The first-order valence-electron chi connectivity index (χ1n) is 6.78. The molecule has 0 saturated carbocycles. The van der Waals surface area contributed by atoms with Crippen LogP contribution in [0, 0.1) is 12.3 Å². The molecular weight excluding hydrogens is 294 g/mol. The maximum atomic E-state index is 12.3. The lowest BCUT2D eigenvalue weighted by atomic mass is 9.88. The molecule has 0 radical (unpaired) electrons. The highest BCUT2D eigenvalue weighted by atomic mass is 32.2. The second kappa shape index (κ2) is 6.15. The fourth-order valence-electron chi connectivity index (χ4n) is 1.89. The van der Waals surface area contributed by atoms with E-state index in [1.54, 1.807) is 32.3 Å². The number of imidazole rings is 1. The van der Waals surface area contributed by atoms with Gasteiger partial charge in [0, 0.05) is 12.7 Å². The fourth-order valence-corrected chi connectivity index (χ4v) is 3.29. The average molecular weight is 317 g/mol. The molecule has 0 saturated heterocycles. The van der Waals surface area contributed by atoms with Crippen molar-refractivity contribution in [1.29, 1.82) is 0 Å². The highest BCUT2D eigenvalue weighted by Gasteiger charge is 2.36. The molecule has 1 aromatic rings. The van der Waals surface area contributed by atoms with Gasteiger partial charge in [0.15, 0.2) is 5.03 Å². The molecule has 0 spiro atoms. The number of carboxylic acid groups (broad SMARTS) is 1. The lowest BCUT2D eigenvalue weighted by Gasteiger charge is -2.27. The van der Waals surface area contributed by atoms with Gasteiger partial charge in [0.1, 0.15) is 11.9 Å². The third kappa shape index (κ3) is 4.28. The molecule has 1 rings (SSSR count). The molecule has 1 atom stereocenters. The summed E-state index contributed by atoms with van der Waals surface area (Å²) in [5, 5.41) is 9.06. The Hall–Kier alpha value is -1.41. The number of nitrogens with zero attached hydrogens (tertiary/aromatic N) is 2. The maximum Gasteiger partial charge on any atom is 0.322 e. The van der Waals surface area contributed by atoms with E-state index >= 15 is 0 Å². The smallest absolute Gasteiger partial charge is 0.322 e. The zero-order valence-electron chi connectivity index (χ0n) is 13.0. The number of sulfonamides is 1. The molecule has 0 aliphatic rings. The zero-order chi connectivity index (χ0) is 16.4. The summed E-state index contributed by atoms with van der Waals surface area (Å²) in [4.78, 5) is 15.3. The monoisotopic (exact) mass is 317 g/mol. The molecular formula is C13H23N3O4S. The van der Waals surface area contributed by atoms with Crippen LogP contribution in [0.3, 0.4) is 0 Å². The summed E-state index contributed by atoms with van der Waals surface area (Å²) in [6.07, 6.45) is 2.28. The molecule has 0 aliphatic heterocycles. The van der Waals surface area contributed by atoms with Gasteiger partial charge in [0.05, 0.1) is 0 Å². The molecule has 0 amide bonds. The Labute approximate surface area is 125 Å². The van der Waals surface area contributed by atoms with Crippen molar-refractivity contribution in [3.05, 3.63) is 12.0 Å². The third-order valence-electron chi connectivity index (χ3n) is 3.08. The Balaban J connectivity index is 3.11. The van der Waals surface area contributed by atoms with Crippen LogP contribution in [-0.2, 0) is 21.4 Å². The summed E-state index contributed by atoms with van der Waals surface area (Å²) in [6, 6.07) is -1.22. The Kier molecular flexibility index (Phi) is 5.16. The number of carboxylic acids is 1. The van der Waals surface area contributed by atoms with Gasteiger partial charge < -0.3 is 9.67 Å². The molecule has 1 heterocycles. The third-order valence-corrected chi connectivity index (χ3v) is 4.37. The molecule has 0 unspecified atom stereocenters. The van der Waals surface area contributed by atoms with Crippen molar-refractivity contribution in [2.75, 3.05) is 0 Å². The van der Waals surface area contributed by atoms with Crippen LogP contribution in [-0.4, -0.2) is 35.1 Å². The molecule has 7 nitrogen and oxygen atoms in total. The Bertz CT molecular complexity index is 614. The average Bonchev–Trinajstić information content (AvgIpc) is 2.68. The van der Waals surface area contributed by atoms with Gasteiger partial charge in [-0.2, -0.15) is 4.72 Å². The SMILES string of the molecule is CCCn1cc(S(=O)(=O)N[C@@H](C(=O)O)C(C)(C)C)nc1C. The number of hydrogen-bond acceptors (Lipinski definition) is 4. The lowest BCUT2D eigenvalue weighted by Crippen LogP contribution is -2.49. The van der Waals surface area contributed by atoms with Crippen LogP contribution >= 0.6 is 0 Å². The van der Waals surface area contributed by atoms with E-state index in [4.69, 9.17) is 0 Å². The summed E-state index contributed by atoms with van der Waals surface area (Å²) in [6.45, 7) is 9.34. The van der Waals surface area contributed by atoms with Gasteiger partial charge >= 0.3 is 5.97 Å². The van der Waals surface area contributed by atoms with Crippen molar-refractivity contribution in [3.8, 4) is 0 Å². The van der Waals surface area contributed by atoms with Gasteiger partial charge in [0.2, 0.25) is 0 Å². The van der Waals surface area contributed by atoms with E-state index in [1.165, 1.54) is 6.20 Å². The molecule has 2 N–H and O–H groups in total. The number of aromatic nitrogens is 2. The second-order valence-electron chi connectivity index (χ2n) is 6.08. The highest BCUT2D eigenvalue weighted by molar-refractivity contribution is 7.89.